The summed E-state index contributed by atoms with van der Waals surface area (Å²) in [5, 5.41) is 25.6. The fourth-order valence-corrected chi connectivity index (χ4v) is 3.63. The van der Waals surface area contributed by atoms with E-state index in [1.165, 1.54) is 0 Å². The van der Waals surface area contributed by atoms with Crippen LogP contribution in [0.15, 0.2) is 30.3 Å². The van der Waals surface area contributed by atoms with Gasteiger partial charge in [-0.3, -0.25) is 24.0 Å². The molecule has 4 amide bonds. The standard InChI is InChI=1S/C25H38N6O8/c26-13-5-4-8-19(25(38)39)31-24(37)18(10-12-21(33)34)30-23(36)17(9-11-20(28)32)29-22(35)16(27)14-15-6-2-1-3-7-15/h1-3,6-7,16-19H,4-5,8-14,26-27H2,(H2,28,32)(H,29,35)(H,30,36)(H,31,37)(H,33,34)(H,38,39). The van der Waals surface area contributed by atoms with Crippen molar-refractivity contribution in [2.75, 3.05) is 6.54 Å². The van der Waals surface area contributed by atoms with Crippen LogP contribution in [0.3, 0.4) is 0 Å². The Labute approximate surface area is 226 Å². The highest BCUT2D eigenvalue weighted by atomic mass is 16.4. The van der Waals surface area contributed by atoms with E-state index in [-0.39, 0.29) is 32.1 Å². The number of aliphatic carboxylic acids is 2. The van der Waals surface area contributed by atoms with Crippen LogP contribution in [0.2, 0.25) is 0 Å². The molecule has 0 radical (unpaired) electrons. The van der Waals surface area contributed by atoms with Crippen molar-refractivity contribution >= 4 is 35.6 Å². The van der Waals surface area contributed by atoms with Crippen molar-refractivity contribution in [1.82, 2.24) is 16.0 Å². The van der Waals surface area contributed by atoms with Gasteiger partial charge in [-0.25, -0.2) is 4.79 Å². The molecule has 0 aromatic heterocycles. The minimum atomic E-state index is -1.43. The van der Waals surface area contributed by atoms with E-state index in [0.717, 1.165) is 5.56 Å². The van der Waals surface area contributed by atoms with Crippen LogP contribution >= 0.6 is 0 Å². The Morgan fingerprint density at radius 3 is 1.79 bits per heavy atom. The number of nitrogens with two attached hydrogens (primary N) is 3. The highest BCUT2D eigenvalue weighted by Gasteiger charge is 2.30. The second kappa shape index (κ2) is 17.5. The molecule has 14 nitrogen and oxygen atoms in total. The van der Waals surface area contributed by atoms with E-state index in [1.54, 1.807) is 30.3 Å². The van der Waals surface area contributed by atoms with E-state index in [2.05, 4.69) is 16.0 Å². The lowest BCUT2D eigenvalue weighted by Gasteiger charge is -2.25. The summed E-state index contributed by atoms with van der Waals surface area (Å²) in [5.74, 6) is -5.78. The second-order valence-corrected chi connectivity index (χ2v) is 9.04. The number of nitrogens with one attached hydrogen (secondary N) is 3. The number of carboxylic acids is 2. The van der Waals surface area contributed by atoms with Crippen molar-refractivity contribution in [2.45, 2.75) is 75.5 Å². The first-order chi connectivity index (χ1) is 18.4. The van der Waals surface area contributed by atoms with E-state index in [1.807, 2.05) is 0 Å². The third kappa shape index (κ3) is 13.4. The molecule has 216 valence electrons. The minimum absolute atomic E-state index is 0.0778. The van der Waals surface area contributed by atoms with E-state index in [4.69, 9.17) is 22.3 Å². The van der Waals surface area contributed by atoms with Crippen LogP contribution in [0.25, 0.3) is 0 Å². The van der Waals surface area contributed by atoms with Crippen LogP contribution in [0.4, 0.5) is 0 Å². The smallest absolute Gasteiger partial charge is 0.326 e. The number of rotatable bonds is 19. The summed E-state index contributed by atoms with van der Waals surface area (Å²) < 4.78 is 0. The van der Waals surface area contributed by atoms with Gasteiger partial charge >= 0.3 is 11.9 Å². The summed E-state index contributed by atoms with van der Waals surface area (Å²) in [6.45, 7) is 0.338. The number of amides is 4. The average molecular weight is 551 g/mol. The molecule has 0 fully saturated rings. The number of primary amides is 1. The summed E-state index contributed by atoms with van der Waals surface area (Å²) in [4.78, 5) is 72.7. The molecule has 11 N–H and O–H groups in total. The number of unbranched alkanes of at least 4 members (excludes halogenated alkanes) is 1. The molecule has 14 heteroatoms. The average Bonchev–Trinajstić information content (AvgIpc) is 2.88. The topological polar surface area (TPSA) is 257 Å². The highest BCUT2D eigenvalue weighted by molar-refractivity contribution is 5.94. The Morgan fingerprint density at radius 2 is 1.28 bits per heavy atom. The minimum Gasteiger partial charge on any atom is -0.481 e. The summed E-state index contributed by atoms with van der Waals surface area (Å²) in [5.41, 5.74) is 17.4. The highest BCUT2D eigenvalue weighted by Crippen LogP contribution is 2.07. The molecule has 0 spiro atoms. The monoisotopic (exact) mass is 550 g/mol. The molecule has 39 heavy (non-hydrogen) atoms. The number of benzene rings is 1. The summed E-state index contributed by atoms with van der Waals surface area (Å²) >= 11 is 0. The molecule has 0 saturated carbocycles. The van der Waals surface area contributed by atoms with Gasteiger partial charge in [-0.1, -0.05) is 30.3 Å². The molecule has 4 unspecified atom stereocenters. The van der Waals surface area contributed by atoms with Crippen molar-refractivity contribution in [3.63, 3.8) is 0 Å². The first-order valence-corrected chi connectivity index (χ1v) is 12.6. The zero-order chi connectivity index (χ0) is 29.4. The quantitative estimate of drug-likeness (QED) is 0.0910. The summed E-state index contributed by atoms with van der Waals surface area (Å²) in [7, 11) is 0. The van der Waals surface area contributed by atoms with Gasteiger partial charge in [-0.2, -0.15) is 0 Å². The Kier molecular flexibility index (Phi) is 14.8. The molecule has 4 atom stereocenters. The zero-order valence-corrected chi connectivity index (χ0v) is 21.6. The number of carboxylic acid groups (broad SMARTS) is 2. The molecular formula is C25H38N6O8. The fraction of sp³-hybridized carbons (Fsp3) is 0.520. The molecule has 0 bridgehead atoms. The van der Waals surface area contributed by atoms with Gasteiger partial charge in [0, 0.05) is 12.8 Å². The first kappa shape index (κ1) is 33.0. The lowest BCUT2D eigenvalue weighted by molar-refractivity contribution is -0.143. The van der Waals surface area contributed by atoms with E-state index >= 15 is 0 Å². The van der Waals surface area contributed by atoms with Gasteiger partial charge in [0.05, 0.1) is 6.04 Å². The van der Waals surface area contributed by atoms with Crippen LogP contribution in [-0.4, -0.2) is 76.5 Å². The first-order valence-electron chi connectivity index (χ1n) is 12.6. The van der Waals surface area contributed by atoms with Crippen LogP contribution in [-0.2, 0) is 35.2 Å². The van der Waals surface area contributed by atoms with E-state index in [0.29, 0.717) is 19.4 Å². The maximum absolute atomic E-state index is 13.1. The van der Waals surface area contributed by atoms with Gasteiger partial charge in [0.25, 0.3) is 0 Å². The molecule has 1 aromatic carbocycles. The third-order valence-electron chi connectivity index (χ3n) is 5.79. The number of hydrogen-bond acceptors (Lipinski definition) is 8. The Morgan fingerprint density at radius 1 is 0.744 bits per heavy atom. The number of carbonyl (C=O) groups excluding carboxylic acids is 4. The van der Waals surface area contributed by atoms with Crippen molar-refractivity contribution in [3.8, 4) is 0 Å². The van der Waals surface area contributed by atoms with Crippen molar-refractivity contribution in [2.24, 2.45) is 17.2 Å². The predicted octanol–water partition coefficient (Wildman–Crippen LogP) is -1.65. The van der Waals surface area contributed by atoms with Gasteiger partial charge in [0.1, 0.15) is 18.1 Å². The zero-order valence-electron chi connectivity index (χ0n) is 21.6. The van der Waals surface area contributed by atoms with Gasteiger partial charge in [0.15, 0.2) is 0 Å². The Bertz CT molecular complexity index is 990. The molecular weight excluding hydrogens is 512 g/mol. The van der Waals surface area contributed by atoms with Crippen LogP contribution in [0.5, 0.6) is 0 Å². The largest absolute Gasteiger partial charge is 0.481 e. The molecule has 1 aromatic rings. The van der Waals surface area contributed by atoms with E-state index in [9.17, 15) is 33.9 Å². The third-order valence-corrected chi connectivity index (χ3v) is 5.79. The molecule has 0 aliphatic rings. The molecule has 1 rings (SSSR count). The Balaban J connectivity index is 3.00. The SMILES string of the molecule is NCCCCC(NC(=O)C(CCC(=O)O)NC(=O)C(CCC(N)=O)NC(=O)C(N)Cc1ccccc1)C(=O)O. The molecule has 0 heterocycles. The van der Waals surface area contributed by atoms with Crippen LogP contribution in [0, 0.1) is 0 Å². The maximum atomic E-state index is 13.1. The van der Waals surface area contributed by atoms with Gasteiger partial charge < -0.3 is 43.4 Å². The Hall–Kier alpha value is -4.04. The van der Waals surface area contributed by atoms with E-state index < -0.39 is 66.2 Å². The van der Waals surface area contributed by atoms with Crippen molar-refractivity contribution < 1.29 is 39.0 Å². The molecule has 0 aliphatic carbocycles. The molecule has 0 saturated heterocycles. The fourth-order valence-electron chi connectivity index (χ4n) is 3.63. The van der Waals surface area contributed by atoms with Gasteiger partial charge in [-0.05, 0) is 50.6 Å². The van der Waals surface area contributed by atoms with Gasteiger partial charge in [-0.15, -0.1) is 0 Å². The molecule has 0 aliphatic heterocycles. The van der Waals surface area contributed by atoms with Crippen molar-refractivity contribution in [1.29, 1.82) is 0 Å². The number of carbonyl (C=O) groups is 6. The van der Waals surface area contributed by atoms with Crippen LogP contribution < -0.4 is 33.2 Å². The second-order valence-electron chi connectivity index (χ2n) is 9.04. The lowest BCUT2D eigenvalue weighted by atomic mass is 10.0. The number of hydrogen-bond donors (Lipinski definition) is 8. The van der Waals surface area contributed by atoms with Crippen LogP contribution in [0.1, 0.15) is 50.5 Å². The normalized spacial score (nSPS) is 13.8. The lowest BCUT2D eigenvalue weighted by Crippen LogP contribution is -2.57. The maximum Gasteiger partial charge on any atom is 0.326 e. The van der Waals surface area contributed by atoms with Crippen molar-refractivity contribution in [3.05, 3.63) is 35.9 Å². The summed E-state index contributed by atoms with van der Waals surface area (Å²) in [6.07, 6.45) is -0.155. The van der Waals surface area contributed by atoms with Gasteiger partial charge in [0.2, 0.25) is 23.6 Å². The predicted molar refractivity (Wildman–Crippen MR) is 140 cm³/mol. The summed E-state index contributed by atoms with van der Waals surface area (Å²) in [6, 6.07) is 3.82.